The Morgan fingerprint density at radius 3 is 2.76 bits per heavy atom. The fourth-order valence-electron chi connectivity index (χ4n) is 2.17. The van der Waals surface area contributed by atoms with E-state index in [1.54, 1.807) is 12.1 Å². The van der Waals surface area contributed by atoms with Crippen molar-refractivity contribution >= 4 is 22.9 Å². The van der Waals surface area contributed by atoms with Gasteiger partial charge >= 0.3 is 0 Å². The third-order valence-corrected chi connectivity index (χ3v) is 4.52. The van der Waals surface area contributed by atoms with E-state index < -0.39 is 0 Å². The monoisotopic (exact) mass is 325 g/mol. The lowest BCUT2D eigenvalue weighted by atomic mass is 10.1. The molecule has 1 atom stereocenters. The predicted molar refractivity (Wildman–Crippen MR) is 88.7 cm³/mol. The Labute approximate surface area is 134 Å². The molecule has 0 aliphatic carbocycles. The summed E-state index contributed by atoms with van der Waals surface area (Å²) in [5.41, 5.74) is 0.744. The number of ether oxygens (including phenoxy) is 1. The molecule has 1 aromatic heterocycles. The summed E-state index contributed by atoms with van der Waals surface area (Å²) >= 11 is 7.85. The van der Waals surface area contributed by atoms with E-state index in [-0.39, 0.29) is 5.75 Å². The van der Waals surface area contributed by atoms with E-state index >= 15 is 0 Å². The number of methoxy groups -OCH3 is 1. The van der Waals surface area contributed by atoms with Gasteiger partial charge in [-0.15, -0.1) is 11.3 Å². The second-order valence-corrected chi connectivity index (χ2v) is 6.92. The standard InChI is InChI=1S/C16H20ClNO2S/c1-10(6-14-5-4-11(2)21-14)18-9-12-7-13(17)8-15(20-3)16(12)19/h4-5,7-8,10,18-19H,6,9H2,1-3H3. The van der Waals surface area contributed by atoms with Crippen LogP contribution in [0.1, 0.15) is 22.2 Å². The molecule has 2 rings (SSSR count). The Hall–Kier alpha value is -1.23. The molecular formula is C16H20ClNO2S. The molecule has 0 bridgehead atoms. The van der Waals surface area contributed by atoms with Crippen LogP contribution in [0.3, 0.4) is 0 Å². The average Bonchev–Trinajstić information content (AvgIpc) is 2.84. The first-order valence-corrected chi connectivity index (χ1v) is 8.03. The van der Waals surface area contributed by atoms with Gasteiger partial charge in [0.05, 0.1) is 7.11 Å². The Morgan fingerprint density at radius 1 is 1.38 bits per heavy atom. The maximum absolute atomic E-state index is 10.1. The number of rotatable bonds is 6. The van der Waals surface area contributed by atoms with Crippen molar-refractivity contribution in [3.8, 4) is 11.5 Å². The van der Waals surface area contributed by atoms with Crippen LogP contribution in [0.15, 0.2) is 24.3 Å². The summed E-state index contributed by atoms with van der Waals surface area (Å²) in [4.78, 5) is 2.69. The van der Waals surface area contributed by atoms with Gasteiger partial charge in [-0.1, -0.05) is 11.6 Å². The topological polar surface area (TPSA) is 41.5 Å². The number of aryl methyl sites for hydroxylation is 1. The number of hydrogen-bond donors (Lipinski definition) is 2. The van der Waals surface area contributed by atoms with Gasteiger partial charge in [0.1, 0.15) is 0 Å². The molecule has 0 aliphatic heterocycles. The molecule has 2 aromatic rings. The van der Waals surface area contributed by atoms with Crippen molar-refractivity contribution < 1.29 is 9.84 Å². The molecule has 1 aromatic carbocycles. The summed E-state index contributed by atoms with van der Waals surface area (Å²) in [6, 6.07) is 7.98. The minimum atomic E-state index is 0.147. The van der Waals surface area contributed by atoms with Crippen LogP contribution in [-0.4, -0.2) is 18.3 Å². The lowest BCUT2D eigenvalue weighted by Gasteiger charge is -2.15. The minimum absolute atomic E-state index is 0.147. The van der Waals surface area contributed by atoms with Crippen LogP contribution in [0, 0.1) is 6.92 Å². The third kappa shape index (κ3) is 4.37. The fraction of sp³-hybridized carbons (Fsp3) is 0.375. The number of nitrogens with one attached hydrogen (secondary N) is 1. The van der Waals surface area contributed by atoms with Gasteiger partial charge in [0.25, 0.3) is 0 Å². The average molecular weight is 326 g/mol. The Bertz CT molecular complexity index is 612. The number of halogens is 1. The Kier molecular flexibility index (Phi) is 5.51. The van der Waals surface area contributed by atoms with Crippen molar-refractivity contribution in [2.45, 2.75) is 32.9 Å². The highest BCUT2D eigenvalue weighted by molar-refractivity contribution is 7.11. The second-order valence-electron chi connectivity index (χ2n) is 5.11. The zero-order chi connectivity index (χ0) is 15.4. The van der Waals surface area contributed by atoms with Crippen molar-refractivity contribution in [1.29, 1.82) is 0 Å². The quantitative estimate of drug-likeness (QED) is 0.838. The van der Waals surface area contributed by atoms with Gasteiger partial charge in [-0.25, -0.2) is 0 Å². The van der Waals surface area contributed by atoms with Crippen molar-refractivity contribution in [1.82, 2.24) is 5.32 Å². The van der Waals surface area contributed by atoms with Crippen LogP contribution in [0.5, 0.6) is 11.5 Å². The lowest BCUT2D eigenvalue weighted by molar-refractivity contribution is 0.369. The van der Waals surface area contributed by atoms with Crippen molar-refractivity contribution in [2.75, 3.05) is 7.11 Å². The van der Waals surface area contributed by atoms with Gasteiger partial charge in [-0.2, -0.15) is 0 Å². The Balaban J connectivity index is 1.97. The van der Waals surface area contributed by atoms with E-state index in [1.807, 2.05) is 11.3 Å². The molecule has 0 radical (unpaired) electrons. The van der Waals surface area contributed by atoms with Crippen LogP contribution in [0.4, 0.5) is 0 Å². The van der Waals surface area contributed by atoms with E-state index in [0.717, 1.165) is 12.0 Å². The molecule has 1 unspecified atom stereocenters. The van der Waals surface area contributed by atoms with Gasteiger partial charge in [-0.3, -0.25) is 0 Å². The first-order chi connectivity index (χ1) is 9.99. The van der Waals surface area contributed by atoms with Crippen molar-refractivity contribution in [2.24, 2.45) is 0 Å². The largest absolute Gasteiger partial charge is 0.504 e. The molecule has 3 nitrogen and oxygen atoms in total. The number of phenolic OH excluding ortho intramolecular Hbond substituents is 1. The molecule has 2 N–H and O–H groups in total. The van der Waals surface area contributed by atoms with Crippen molar-refractivity contribution in [3.63, 3.8) is 0 Å². The molecule has 0 amide bonds. The molecule has 0 spiro atoms. The van der Waals surface area contributed by atoms with Crippen molar-refractivity contribution in [3.05, 3.63) is 44.6 Å². The molecule has 0 aliphatic rings. The number of phenols is 1. The van der Waals surface area contributed by atoms with Crippen LogP contribution in [0.2, 0.25) is 5.02 Å². The predicted octanol–water partition coefficient (Wildman–Crippen LogP) is 4.14. The summed E-state index contributed by atoms with van der Waals surface area (Å²) in [5.74, 6) is 0.550. The number of thiophene rings is 1. The van der Waals surface area contributed by atoms with E-state index in [0.29, 0.717) is 23.4 Å². The normalized spacial score (nSPS) is 12.4. The van der Waals surface area contributed by atoms with E-state index in [9.17, 15) is 5.11 Å². The first kappa shape index (κ1) is 16.1. The van der Waals surface area contributed by atoms with Gasteiger partial charge in [0, 0.05) is 39.0 Å². The smallest absolute Gasteiger partial charge is 0.162 e. The maximum Gasteiger partial charge on any atom is 0.162 e. The molecule has 5 heteroatoms. The number of aromatic hydroxyl groups is 1. The summed E-state index contributed by atoms with van der Waals surface area (Å²) in [6.45, 7) is 4.80. The zero-order valence-corrected chi connectivity index (χ0v) is 14.0. The molecule has 0 fully saturated rings. The third-order valence-electron chi connectivity index (χ3n) is 3.28. The van der Waals surface area contributed by atoms with Gasteiger partial charge in [-0.05, 0) is 38.5 Å². The number of hydrogen-bond acceptors (Lipinski definition) is 4. The highest BCUT2D eigenvalue weighted by atomic mass is 35.5. The van der Waals surface area contributed by atoms with Gasteiger partial charge < -0.3 is 15.2 Å². The first-order valence-electron chi connectivity index (χ1n) is 6.83. The van der Waals surface area contributed by atoms with E-state index in [1.165, 1.54) is 16.9 Å². The highest BCUT2D eigenvalue weighted by Gasteiger charge is 2.11. The summed E-state index contributed by atoms with van der Waals surface area (Å²) in [7, 11) is 1.52. The summed E-state index contributed by atoms with van der Waals surface area (Å²) < 4.78 is 5.11. The molecule has 114 valence electrons. The van der Waals surface area contributed by atoms with E-state index in [2.05, 4.69) is 31.3 Å². The highest BCUT2D eigenvalue weighted by Crippen LogP contribution is 2.33. The molecular weight excluding hydrogens is 306 g/mol. The van der Waals surface area contributed by atoms with Crippen LogP contribution in [0.25, 0.3) is 0 Å². The maximum atomic E-state index is 10.1. The van der Waals surface area contributed by atoms with Crippen LogP contribution < -0.4 is 10.1 Å². The summed E-state index contributed by atoms with van der Waals surface area (Å²) in [6.07, 6.45) is 0.969. The molecule has 21 heavy (non-hydrogen) atoms. The van der Waals surface area contributed by atoms with E-state index in [4.69, 9.17) is 16.3 Å². The second kappa shape index (κ2) is 7.16. The molecule has 1 heterocycles. The number of benzene rings is 1. The zero-order valence-electron chi connectivity index (χ0n) is 12.4. The minimum Gasteiger partial charge on any atom is -0.504 e. The van der Waals surface area contributed by atoms with Gasteiger partial charge in [0.2, 0.25) is 0 Å². The molecule has 0 saturated carbocycles. The van der Waals surface area contributed by atoms with Gasteiger partial charge in [0.15, 0.2) is 11.5 Å². The molecule has 0 saturated heterocycles. The van der Waals surface area contributed by atoms with Crippen LogP contribution >= 0.6 is 22.9 Å². The fourth-order valence-corrected chi connectivity index (χ4v) is 3.42. The summed E-state index contributed by atoms with van der Waals surface area (Å²) in [5, 5.41) is 14.1. The SMILES string of the molecule is COc1cc(Cl)cc(CNC(C)Cc2ccc(C)s2)c1O. The Morgan fingerprint density at radius 2 is 2.14 bits per heavy atom. The van der Waals surface area contributed by atoms with Crippen LogP contribution in [-0.2, 0) is 13.0 Å². The lowest BCUT2D eigenvalue weighted by Crippen LogP contribution is -2.27.